The second-order valence-electron chi connectivity index (χ2n) is 8.09. The first-order valence-electron chi connectivity index (χ1n) is 10.5. The minimum absolute atomic E-state index is 0.0223. The van der Waals surface area contributed by atoms with E-state index in [4.69, 9.17) is 4.74 Å². The van der Waals surface area contributed by atoms with Crippen molar-refractivity contribution in [3.63, 3.8) is 0 Å². The third kappa shape index (κ3) is 4.46. The smallest absolute Gasteiger partial charge is 0.251 e. The van der Waals surface area contributed by atoms with E-state index in [1.807, 2.05) is 24.4 Å². The number of benzene rings is 1. The average Bonchev–Trinajstić information content (AvgIpc) is 3.15. The lowest BCUT2D eigenvalue weighted by Crippen LogP contribution is -2.38. The summed E-state index contributed by atoms with van der Waals surface area (Å²) in [7, 11) is 1.73. The van der Waals surface area contributed by atoms with Gasteiger partial charge < -0.3 is 20.0 Å². The number of carbonyl (C=O) groups excluding carboxylic acids is 1. The summed E-state index contributed by atoms with van der Waals surface area (Å²) in [6.07, 6.45) is 6.17. The maximum absolute atomic E-state index is 13.1. The van der Waals surface area contributed by atoms with Crippen LogP contribution in [0.3, 0.4) is 0 Å². The SMILES string of the molecule is COC1CCC(C(=O)N[C@@H](Cc2c[nH]c3ccccc23)c2cc(=O)[nH]c(C)n2)CC1. The molecule has 0 aliphatic heterocycles. The minimum Gasteiger partial charge on any atom is -0.381 e. The number of carbonyl (C=O) groups is 1. The Kier molecular flexibility index (Phi) is 5.99. The molecule has 0 saturated heterocycles. The first-order chi connectivity index (χ1) is 14.5. The van der Waals surface area contributed by atoms with Gasteiger partial charge in [0.05, 0.1) is 17.8 Å². The zero-order valence-corrected chi connectivity index (χ0v) is 17.4. The van der Waals surface area contributed by atoms with Crippen molar-refractivity contribution in [1.29, 1.82) is 0 Å². The molecule has 1 aliphatic rings. The summed E-state index contributed by atoms with van der Waals surface area (Å²) in [4.78, 5) is 35.6. The molecule has 1 amide bonds. The molecular formula is C23H28N4O3. The third-order valence-electron chi connectivity index (χ3n) is 6.03. The highest BCUT2D eigenvalue weighted by atomic mass is 16.5. The molecule has 0 bridgehead atoms. The Bertz CT molecular complexity index is 1080. The molecule has 1 saturated carbocycles. The van der Waals surface area contributed by atoms with Gasteiger partial charge in [0.25, 0.3) is 5.56 Å². The number of nitrogens with zero attached hydrogens (tertiary/aromatic N) is 1. The summed E-state index contributed by atoms with van der Waals surface area (Å²) in [5.74, 6) is 0.523. The Hall–Kier alpha value is -2.93. The zero-order chi connectivity index (χ0) is 21.1. The molecule has 4 rings (SSSR count). The summed E-state index contributed by atoms with van der Waals surface area (Å²) in [5.41, 5.74) is 2.50. The van der Waals surface area contributed by atoms with Gasteiger partial charge in [-0.15, -0.1) is 0 Å². The molecule has 1 fully saturated rings. The number of ether oxygens (including phenoxy) is 1. The van der Waals surface area contributed by atoms with Crippen molar-refractivity contribution in [2.45, 2.75) is 51.2 Å². The van der Waals surface area contributed by atoms with Crippen LogP contribution in [0.15, 0.2) is 41.3 Å². The van der Waals surface area contributed by atoms with Crippen LogP contribution in [0.25, 0.3) is 10.9 Å². The van der Waals surface area contributed by atoms with Gasteiger partial charge in [0, 0.05) is 42.6 Å². The van der Waals surface area contributed by atoms with Crippen molar-refractivity contribution in [2.24, 2.45) is 5.92 Å². The largest absolute Gasteiger partial charge is 0.381 e. The Morgan fingerprint density at radius 3 is 2.77 bits per heavy atom. The number of aryl methyl sites for hydroxylation is 1. The van der Waals surface area contributed by atoms with Gasteiger partial charge in [-0.05, 0) is 44.2 Å². The first kappa shape index (κ1) is 20.3. The van der Waals surface area contributed by atoms with Crippen molar-refractivity contribution in [3.8, 4) is 0 Å². The van der Waals surface area contributed by atoms with E-state index in [0.29, 0.717) is 17.9 Å². The summed E-state index contributed by atoms with van der Waals surface area (Å²) in [6, 6.07) is 9.17. The van der Waals surface area contributed by atoms with E-state index in [0.717, 1.165) is 42.1 Å². The number of aromatic amines is 2. The van der Waals surface area contributed by atoms with Crippen LogP contribution < -0.4 is 10.9 Å². The Balaban J connectivity index is 1.59. The lowest BCUT2D eigenvalue weighted by Gasteiger charge is -2.28. The number of nitrogens with one attached hydrogen (secondary N) is 3. The molecule has 1 atom stereocenters. The molecule has 0 spiro atoms. The van der Waals surface area contributed by atoms with Gasteiger partial charge in [-0.3, -0.25) is 9.59 Å². The van der Waals surface area contributed by atoms with Crippen LogP contribution in [0.5, 0.6) is 0 Å². The molecule has 0 unspecified atom stereocenters. The summed E-state index contributed by atoms with van der Waals surface area (Å²) in [5, 5.41) is 4.29. The van der Waals surface area contributed by atoms with Crippen molar-refractivity contribution in [3.05, 3.63) is 64.0 Å². The quantitative estimate of drug-likeness (QED) is 0.583. The third-order valence-corrected chi connectivity index (χ3v) is 6.03. The molecule has 3 N–H and O–H groups in total. The van der Waals surface area contributed by atoms with Gasteiger partial charge in [0.2, 0.25) is 5.91 Å². The van der Waals surface area contributed by atoms with Gasteiger partial charge >= 0.3 is 0 Å². The number of amides is 1. The highest BCUT2D eigenvalue weighted by Gasteiger charge is 2.28. The van der Waals surface area contributed by atoms with Crippen LogP contribution >= 0.6 is 0 Å². The van der Waals surface area contributed by atoms with E-state index in [1.165, 1.54) is 6.07 Å². The Morgan fingerprint density at radius 2 is 2.03 bits per heavy atom. The van der Waals surface area contributed by atoms with Crippen LogP contribution in [0.1, 0.15) is 48.8 Å². The van der Waals surface area contributed by atoms with Crippen LogP contribution in [0, 0.1) is 12.8 Å². The van der Waals surface area contributed by atoms with Crippen LogP contribution in [0.2, 0.25) is 0 Å². The second kappa shape index (κ2) is 8.83. The molecule has 158 valence electrons. The van der Waals surface area contributed by atoms with E-state index in [2.05, 4.69) is 26.3 Å². The fraction of sp³-hybridized carbons (Fsp3) is 0.435. The van der Waals surface area contributed by atoms with E-state index in [1.54, 1.807) is 14.0 Å². The standard InChI is InChI=1S/C23H28N4O3/c1-14-25-21(12-22(28)26-14)20(11-16-13-24-19-6-4-3-5-18(16)19)27-23(29)15-7-9-17(30-2)10-8-15/h3-6,12-13,15,17,20,24H,7-11H2,1-2H3,(H,27,29)(H,25,26,28)/t15?,17?,20-/m0/s1. The molecule has 30 heavy (non-hydrogen) atoms. The number of aromatic nitrogens is 3. The number of fused-ring (bicyclic) bond motifs is 1. The number of para-hydroxylation sites is 1. The molecular weight excluding hydrogens is 380 g/mol. The van der Waals surface area contributed by atoms with Crippen molar-refractivity contribution >= 4 is 16.8 Å². The molecule has 1 aromatic carbocycles. The molecule has 7 heteroatoms. The average molecular weight is 409 g/mol. The molecule has 2 heterocycles. The number of hydrogen-bond acceptors (Lipinski definition) is 4. The number of rotatable bonds is 6. The van der Waals surface area contributed by atoms with Gasteiger partial charge in [-0.25, -0.2) is 4.98 Å². The summed E-state index contributed by atoms with van der Waals surface area (Å²) >= 11 is 0. The van der Waals surface area contributed by atoms with Gasteiger partial charge in [0.15, 0.2) is 0 Å². The molecule has 0 radical (unpaired) electrons. The highest BCUT2D eigenvalue weighted by Crippen LogP contribution is 2.28. The van der Waals surface area contributed by atoms with E-state index in [9.17, 15) is 9.59 Å². The van der Waals surface area contributed by atoms with Crippen molar-refractivity contribution < 1.29 is 9.53 Å². The number of methoxy groups -OCH3 is 1. The molecule has 3 aromatic rings. The first-order valence-corrected chi connectivity index (χ1v) is 10.5. The number of hydrogen-bond donors (Lipinski definition) is 3. The van der Waals surface area contributed by atoms with Crippen LogP contribution in [-0.4, -0.2) is 34.1 Å². The number of H-pyrrole nitrogens is 2. The normalized spacial score (nSPS) is 20.2. The lowest BCUT2D eigenvalue weighted by atomic mass is 9.86. The van der Waals surface area contributed by atoms with Gasteiger partial charge in [0.1, 0.15) is 5.82 Å². The van der Waals surface area contributed by atoms with Crippen LogP contribution in [0.4, 0.5) is 0 Å². The maximum Gasteiger partial charge on any atom is 0.251 e. The van der Waals surface area contributed by atoms with E-state index < -0.39 is 0 Å². The van der Waals surface area contributed by atoms with E-state index in [-0.39, 0.29) is 29.5 Å². The van der Waals surface area contributed by atoms with Crippen LogP contribution in [-0.2, 0) is 16.0 Å². The van der Waals surface area contributed by atoms with E-state index >= 15 is 0 Å². The van der Waals surface area contributed by atoms with Crippen molar-refractivity contribution in [1.82, 2.24) is 20.3 Å². The fourth-order valence-corrected chi connectivity index (χ4v) is 4.38. The lowest BCUT2D eigenvalue weighted by molar-refractivity contribution is -0.127. The fourth-order valence-electron chi connectivity index (χ4n) is 4.38. The molecule has 2 aromatic heterocycles. The molecule has 1 aliphatic carbocycles. The monoisotopic (exact) mass is 408 g/mol. The second-order valence-corrected chi connectivity index (χ2v) is 8.09. The Labute approximate surface area is 175 Å². The summed E-state index contributed by atoms with van der Waals surface area (Å²) < 4.78 is 5.42. The predicted molar refractivity (Wildman–Crippen MR) is 115 cm³/mol. The molecule has 7 nitrogen and oxygen atoms in total. The highest BCUT2D eigenvalue weighted by molar-refractivity contribution is 5.83. The minimum atomic E-state index is -0.377. The summed E-state index contributed by atoms with van der Waals surface area (Å²) in [6.45, 7) is 1.75. The van der Waals surface area contributed by atoms with Crippen molar-refractivity contribution in [2.75, 3.05) is 7.11 Å². The van der Waals surface area contributed by atoms with Gasteiger partial charge in [-0.1, -0.05) is 18.2 Å². The Morgan fingerprint density at radius 1 is 1.27 bits per heavy atom. The van der Waals surface area contributed by atoms with Gasteiger partial charge in [-0.2, -0.15) is 0 Å². The maximum atomic E-state index is 13.1. The zero-order valence-electron chi connectivity index (χ0n) is 17.4. The topological polar surface area (TPSA) is 99.9 Å². The predicted octanol–water partition coefficient (Wildman–Crippen LogP) is 3.16.